The van der Waals surface area contributed by atoms with Crippen LogP contribution in [0.4, 0.5) is 10.1 Å². The molecular weight excluding hydrogens is 389 g/mol. The molecule has 0 saturated carbocycles. The summed E-state index contributed by atoms with van der Waals surface area (Å²) in [5, 5.41) is 2.39. The zero-order valence-corrected chi connectivity index (χ0v) is 18.0. The first-order valence-electron chi connectivity index (χ1n) is 9.47. The summed E-state index contributed by atoms with van der Waals surface area (Å²) in [4.78, 5) is 25.0. The predicted octanol–water partition coefficient (Wildman–Crippen LogP) is 6.07. The third-order valence-electron chi connectivity index (χ3n) is 4.09. The molecule has 1 aromatic rings. The van der Waals surface area contributed by atoms with Crippen LogP contribution in [0.2, 0.25) is 5.02 Å². The molecule has 0 spiro atoms. The minimum Gasteiger partial charge on any atom is -0.465 e. The lowest BCUT2D eigenvalue weighted by atomic mass is 10.1. The largest absolute Gasteiger partial charge is 0.465 e. The summed E-state index contributed by atoms with van der Waals surface area (Å²) in [5.41, 5.74) is 0.0732. The third-order valence-corrected chi connectivity index (χ3v) is 5.92. The highest BCUT2D eigenvalue weighted by Gasteiger charge is 2.22. The van der Waals surface area contributed by atoms with Crippen LogP contribution in [-0.2, 0) is 14.3 Å². The molecule has 27 heavy (non-hydrogen) atoms. The maximum Gasteiger partial charge on any atom is 0.319 e. The molecule has 2 atom stereocenters. The Kier molecular flexibility index (Phi) is 10.8. The standard InChI is InChI=1S/C20H29ClFNO3S/c1-5-8-10-26-20(25)17(7-3)27-18-12-16(15(22)11-14(18)21)23-19(24)13(4)9-6-2/h11-13,17H,5-10H2,1-4H3,(H,23,24). The Morgan fingerprint density at radius 2 is 1.96 bits per heavy atom. The van der Waals surface area contributed by atoms with Crippen molar-refractivity contribution in [3.63, 3.8) is 0 Å². The number of unbranched alkanes of at least 4 members (excludes halogenated alkanes) is 1. The van der Waals surface area contributed by atoms with Crippen molar-refractivity contribution in [2.24, 2.45) is 5.92 Å². The Morgan fingerprint density at radius 3 is 2.56 bits per heavy atom. The molecule has 7 heteroatoms. The summed E-state index contributed by atoms with van der Waals surface area (Å²) in [6.07, 6.45) is 3.91. The van der Waals surface area contributed by atoms with E-state index in [2.05, 4.69) is 5.32 Å². The van der Waals surface area contributed by atoms with E-state index in [1.165, 1.54) is 23.9 Å². The second kappa shape index (κ2) is 12.2. The second-order valence-corrected chi connectivity index (χ2v) is 8.13. The Labute approximate surface area is 170 Å². The topological polar surface area (TPSA) is 55.4 Å². The second-order valence-electron chi connectivity index (χ2n) is 6.48. The van der Waals surface area contributed by atoms with Crippen molar-refractivity contribution >= 4 is 40.9 Å². The van der Waals surface area contributed by atoms with Gasteiger partial charge in [0.05, 0.1) is 17.3 Å². The van der Waals surface area contributed by atoms with Crippen LogP contribution < -0.4 is 5.32 Å². The van der Waals surface area contributed by atoms with Crippen LogP contribution in [-0.4, -0.2) is 23.7 Å². The van der Waals surface area contributed by atoms with E-state index in [4.69, 9.17) is 16.3 Å². The Balaban J connectivity index is 2.91. The van der Waals surface area contributed by atoms with Gasteiger partial charge in [-0.15, -0.1) is 11.8 Å². The molecule has 1 aromatic carbocycles. The van der Waals surface area contributed by atoms with Gasteiger partial charge in [0, 0.05) is 10.8 Å². The van der Waals surface area contributed by atoms with E-state index in [-0.39, 0.29) is 28.5 Å². The quantitative estimate of drug-likeness (QED) is 0.270. The number of carbonyl (C=O) groups excluding carboxylic acids is 2. The van der Waals surface area contributed by atoms with E-state index < -0.39 is 11.1 Å². The minimum atomic E-state index is -0.597. The van der Waals surface area contributed by atoms with Crippen molar-refractivity contribution in [3.8, 4) is 0 Å². The van der Waals surface area contributed by atoms with Crippen LogP contribution in [0.15, 0.2) is 17.0 Å². The van der Waals surface area contributed by atoms with E-state index in [0.717, 1.165) is 25.7 Å². The monoisotopic (exact) mass is 417 g/mol. The maximum atomic E-state index is 14.2. The molecule has 1 rings (SSSR count). The van der Waals surface area contributed by atoms with Crippen molar-refractivity contribution in [3.05, 3.63) is 23.0 Å². The van der Waals surface area contributed by atoms with Crippen molar-refractivity contribution in [2.75, 3.05) is 11.9 Å². The average Bonchev–Trinajstić information content (AvgIpc) is 2.63. The lowest BCUT2D eigenvalue weighted by Crippen LogP contribution is -2.21. The molecule has 0 bridgehead atoms. The first kappa shape index (κ1) is 23.8. The van der Waals surface area contributed by atoms with Gasteiger partial charge in [-0.25, -0.2) is 4.39 Å². The number of hydrogen-bond acceptors (Lipinski definition) is 4. The number of carbonyl (C=O) groups is 2. The van der Waals surface area contributed by atoms with Gasteiger partial charge in [-0.05, 0) is 31.4 Å². The lowest BCUT2D eigenvalue weighted by Gasteiger charge is -2.17. The third kappa shape index (κ3) is 7.70. The summed E-state index contributed by atoms with van der Waals surface area (Å²) >= 11 is 7.38. The predicted molar refractivity (Wildman–Crippen MR) is 110 cm³/mol. The Hall–Kier alpha value is -1.27. The van der Waals surface area contributed by atoms with Crippen LogP contribution in [0.5, 0.6) is 0 Å². The van der Waals surface area contributed by atoms with Crippen LogP contribution >= 0.6 is 23.4 Å². The molecule has 0 aliphatic heterocycles. The number of anilines is 1. The highest BCUT2D eigenvalue weighted by molar-refractivity contribution is 8.00. The number of thioether (sulfide) groups is 1. The van der Waals surface area contributed by atoms with E-state index >= 15 is 0 Å². The van der Waals surface area contributed by atoms with Crippen LogP contribution in [0.1, 0.15) is 59.8 Å². The molecule has 4 nitrogen and oxygen atoms in total. The van der Waals surface area contributed by atoms with Crippen LogP contribution in [0.3, 0.4) is 0 Å². The zero-order chi connectivity index (χ0) is 20.4. The molecule has 1 amide bonds. The number of halogens is 2. The van der Waals surface area contributed by atoms with Gasteiger partial charge in [-0.1, -0.05) is 52.1 Å². The van der Waals surface area contributed by atoms with E-state index in [1.54, 1.807) is 0 Å². The fourth-order valence-corrected chi connectivity index (χ4v) is 3.68. The number of ether oxygens (including phenoxy) is 1. The average molecular weight is 418 g/mol. The molecule has 0 radical (unpaired) electrons. The SMILES string of the molecule is CCCCOC(=O)C(CC)Sc1cc(NC(=O)C(C)CCC)c(F)cc1Cl. The summed E-state index contributed by atoms with van der Waals surface area (Å²) in [7, 11) is 0. The molecule has 2 unspecified atom stereocenters. The fourth-order valence-electron chi connectivity index (χ4n) is 2.40. The van der Waals surface area contributed by atoms with Gasteiger partial charge >= 0.3 is 5.97 Å². The molecule has 0 aliphatic carbocycles. The van der Waals surface area contributed by atoms with E-state index in [1.807, 2.05) is 27.7 Å². The number of benzene rings is 1. The van der Waals surface area contributed by atoms with Gasteiger partial charge in [0.2, 0.25) is 5.91 Å². The number of rotatable bonds is 11. The van der Waals surface area contributed by atoms with Crippen molar-refractivity contribution in [2.45, 2.75) is 69.9 Å². The van der Waals surface area contributed by atoms with E-state index in [9.17, 15) is 14.0 Å². The molecule has 152 valence electrons. The highest BCUT2D eigenvalue weighted by atomic mass is 35.5. The minimum absolute atomic E-state index is 0.0732. The zero-order valence-electron chi connectivity index (χ0n) is 16.4. The highest BCUT2D eigenvalue weighted by Crippen LogP contribution is 2.36. The number of hydrogen-bond donors (Lipinski definition) is 1. The first-order valence-corrected chi connectivity index (χ1v) is 10.7. The Morgan fingerprint density at radius 1 is 1.26 bits per heavy atom. The van der Waals surface area contributed by atoms with Gasteiger partial charge in [0.15, 0.2) is 0 Å². The summed E-state index contributed by atoms with van der Waals surface area (Å²) < 4.78 is 19.5. The van der Waals surface area contributed by atoms with Crippen molar-refractivity contribution < 1.29 is 18.7 Å². The first-order chi connectivity index (χ1) is 12.8. The van der Waals surface area contributed by atoms with Gasteiger partial charge in [0.25, 0.3) is 0 Å². The molecule has 0 aromatic heterocycles. The molecule has 1 N–H and O–H groups in total. The molecule has 0 heterocycles. The van der Waals surface area contributed by atoms with Gasteiger partial charge < -0.3 is 10.1 Å². The Bertz CT molecular complexity index is 642. The summed E-state index contributed by atoms with van der Waals surface area (Å²) in [6, 6.07) is 2.65. The number of nitrogens with one attached hydrogen (secondary N) is 1. The maximum absolute atomic E-state index is 14.2. The van der Waals surface area contributed by atoms with Gasteiger partial charge in [0.1, 0.15) is 11.1 Å². The summed E-state index contributed by atoms with van der Waals surface area (Å²) in [6.45, 7) is 8.09. The van der Waals surface area contributed by atoms with Gasteiger partial charge in [-0.2, -0.15) is 0 Å². The van der Waals surface area contributed by atoms with E-state index in [0.29, 0.717) is 17.9 Å². The van der Waals surface area contributed by atoms with Crippen molar-refractivity contribution in [1.82, 2.24) is 0 Å². The normalized spacial score (nSPS) is 13.1. The summed E-state index contributed by atoms with van der Waals surface area (Å²) in [5.74, 6) is -1.35. The number of esters is 1. The molecule has 0 saturated heterocycles. The lowest BCUT2D eigenvalue weighted by molar-refractivity contribution is -0.143. The van der Waals surface area contributed by atoms with Gasteiger partial charge in [-0.3, -0.25) is 9.59 Å². The smallest absolute Gasteiger partial charge is 0.319 e. The van der Waals surface area contributed by atoms with Crippen molar-refractivity contribution in [1.29, 1.82) is 0 Å². The molecule has 0 aliphatic rings. The molecule has 0 fully saturated rings. The molecular formula is C20H29ClFNO3S. The fraction of sp³-hybridized carbons (Fsp3) is 0.600. The van der Waals surface area contributed by atoms with Crippen LogP contribution in [0, 0.1) is 11.7 Å². The van der Waals surface area contributed by atoms with Crippen LogP contribution in [0.25, 0.3) is 0 Å². The number of amides is 1.